The molecule has 5 heteroatoms. The van der Waals surface area contributed by atoms with Crippen LogP contribution in [0.2, 0.25) is 0 Å². The van der Waals surface area contributed by atoms with E-state index in [1.165, 1.54) is 0 Å². The fraction of sp³-hybridized carbons (Fsp3) is 0.280. The molecule has 0 fully saturated rings. The highest BCUT2D eigenvalue weighted by Gasteiger charge is 2.16. The van der Waals surface area contributed by atoms with Gasteiger partial charge in [-0.1, -0.05) is 48.5 Å². The zero-order chi connectivity index (χ0) is 21.5. The minimum Gasteiger partial charge on any atom is -0.365 e. The monoisotopic (exact) mass is 403 g/mol. The predicted molar refractivity (Wildman–Crippen MR) is 123 cm³/mol. The average molecular weight is 404 g/mol. The first-order valence-electron chi connectivity index (χ1n) is 10.3. The smallest absolute Gasteiger partial charge is 0.242 e. The molecular formula is C25H29N3O2. The number of rotatable bonds is 9. The van der Waals surface area contributed by atoms with Crippen molar-refractivity contribution in [1.82, 2.24) is 4.90 Å². The molecular weight excluding hydrogens is 374 g/mol. The predicted octanol–water partition coefficient (Wildman–Crippen LogP) is 3.86. The van der Waals surface area contributed by atoms with Crippen LogP contribution in [0.4, 0.5) is 5.69 Å². The molecule has 0 unspecified atom stereocenters. The Labute approximate surface area is 178 Å². The summed E-state index contributed by atoms with van der Waals surface area (Å²) in [6, 6.07) is 21.7. The van der Waals surface area contributed by atoms with Gasteiger partial charge in [-0.3, -0.25) is 9.59 Å². The van der Waals surface area contributed by atoms with Gasteiger partial charge in [0.15, 0.2) is 5.78 Å². The molecule has 0 saturated carbocycles. The van der Waals surface area contributed by atoms with E-state index < -0.39 is 0 Å². The maximum absolute atomic E-state index is 13.0. The van der Waals surface area contributed by atoms with Gasteiger partial charge in [0.2, 0.25) is 5.91 Å². The van der Waals surface area contributed by atoms with Gasteiger partial charge in [0.25, 0.3) is 0 Å². The summed E-state index contributed by atoms with van der Waals surface area (Å²) in [7, 11) is 1.92. The lowest BCUT2D eigenvalue weighted by atomic mass is 10.0. The summed E-state index contributed by atoms with van der Waals surface area (Å²) in [5.74, 6) is 0.126. The number of nitrogens with two attached hydrogens (primary N) is 1. The molecule has 0 bridgehead atoms. The number of carbonyl (C=O) groups excluding carboxylic acids is 2. The Balaban J connectivity index is 1.73. The van der Waals surface area contributed by atoms with Crippen molar-refractivity contribution in [2.75, 3.05) is 31.6 Å². The fourth-order valence-electron chi connectivity index (χ4n) is 3.46. The van der Waals surface area contributed by atoms with Crippen molar-refractivity contribution in [2.45, 2.75) is 19.9 Å². The van der Waals surface area contributed by atoms with Crippen LogP contribution in [0.15, 0.2) is 66.7 Å². The molecule has 0 atom stereocenters. The van der Waals surface area contributed by atoms with E-state index in [2.05, 4.69) is 0 Å². The Bertz CT molecular complexity index is 1020. The minimum atomic E-state index is 0.0553. The van der Waals surface area contributed by atoms with Gasteiger partial charge in [0.05, 0.1) is 6.54 Å². The van der Waals surface area contributed by atoms with Crippen molar-refractivity contribution < 1.29 is 9.59 Å². The summed E-state index contributed by atoms with van der Waals surface area (Å²) in [4.78, 5) is 28.5. The van der Waals surface area contributed by atoms with E-state index in [0.717, 1.165) is 28.4 Å². The number of benzene rings is 3. The molecule has 0 aromatic heterocycles. The zero-order valence-electron chi connectivity index (χ0n) is 17.7. The Morgan fingerprint density at radius 2 is 1.63 bits per heavy atom. The molecule has 156 valence electrons. The Morgan fingerprint density at radius 3 is 2.33 bits per heavy atom. The van der Waals surface area contributed by atoms with Crippen molar-refractivity contribution in [3.8, 4) is 0 Å². The van der Waals surface area contributed by atoms with Crippen LogP contribution in [0.3, 0.4) is 0 Å². The first-order chi connectivity index (χ1) is 14.5. The van der Waals surface area contributed by atoms with Gasteiger partial charge in [-0.25, -0.2) is 0 Å². The second kappa shape index (κ2) is 10.0. The molecule has 0 aliphatic rings. The second-order valence-electron chi connectivity index (χ2n) is 7.60. The Morgan fingerprint density at radius 1 is 0.933 bits per heavy atom. The van der Waals surface area contributed by atoms with E-state index in [9.17, 15) is 9.59 Å². The standard InChI is InChI=1S/C25H29N3O2/c1-19(29)21-9-10-23-16-24(12-11-22(23)15-21)27(2)18-25(30)28(14-6-13-26)17-20-7-4-3-5-8-20/h3-5,7-12,15-16H,6,13-14,17-18,26H2,1-2H3. The van der Waals surface area contributed by atoms with Crippen molar-refractivity contribution >= 4 is 28.2 Å². The molecule has 0 heterocycles. The third-order valence-corrected chi connectivity index (χ3v) is 5.24. The van der Waals surface area contributed by atoms with Crippen LogP contribution in [-0.2, 0) is 11.3 Å². The van der Waals surface area contributed by atoms with Crippen LogP contribution >= 0.6 is 0 Å². The fourth-order valence-corrected chi connectivity index (χ4v) is 3.46. The van der Waals surface area contributed by atoms with E-state index in [1.54, 1.807) is 6.92 Å². The quantitative estimate of drug-likeness (QED) is 0.551. The first kappa shape index (κ1) is 21.5. The molecule has 0 aliphatic heterocycles. The third kappa shape index (κ3) is 5.45. The maximum atomic E-state index is 13.0. The number of hydrogen-bond acceptors (Lipinski definition) is 4. The van der Waals surface area contributed by atoms with Crippen LogP contribution in [0.5, 0.6) is 0 Å². The largest absolute Gasteiger partial charge is 0.365 e. The minimum absolute atomic E-state index is 0.0553. The molecule has 3 aromatic rings. The topological polar surface area (TPSA) is 66.6 Å². The molecule has 3 aromatic carbocycles. The number of likely N-dealkylation sites (N-methyl/N-ethyl adjacent to an activating group) is 1. The number of nitrogens with zero attached hydrogens (tertiary/aromatic N) is 2. The van der Waals surface area contributed by atoms with Crippen molar-refractivity contribution in [3.63, 3.8) is 0 Å². The molecule has 30 heavy (non-hydrogen) atoms. The van der Waals surface area contributed by atoms with E-state index in [0.29, 0.717) is 25.2 Å². The summed E-state index contributed by atoms with van der Waals surface area (Å²) in [5.41, 5.74) is 8.45. The Hall–Kier alpha value is -3.18. The summed E-state index contributed by atoms with van der Waals surface area (Å²) >= 11 is 0. The lowest BCUT2D eigenvalue weighted by Gasteiger charge is -2.27. The average Bonchev–Trinajstić information content (AvgIpc) is 2.76. The molecule has 0 aliphatic carbocycles. The van der Waals surface area contributed by atoms with Gasteiger partial charge < -0.3 is 15.5 Å². The van der Waals surface area contributed by atoms with Gasteiger partial charge in [0, 0.05) is 31.4 Å². The molecule has 2 N–H and O–H groups in total. The molecule has 1 amide bonds. The first-order valence-corrected chi connectivity index (χ1v) is 10.3. The van der Waals surface area contributed by atoms with Crippen molar-refractivity contribution in [1.29, 1.82) is 0 Å². The highest BCUT2D eigenvalue weighted by molar-refractivity contribution is 5.99. The molecule has 0 spiro atoms. The van der Waals surface area contributed by atoms with E-state index >= 15 is 0 Å². The highest BCUT2D eigenvalue weighted by Crippen LogP contribution is 2.23. The number of carbonyl (C=O) groups is 2. The third-order valence-electron chi connectivity index (χ3n) is 5.24. The normalized spacial score (nSPS) is 10.8. The van der Waals surface area contributed by atoms with Crippen LogP contribution in [0, 0.1) is 0 Å². The highest BCUT2D eigenvalue weighted by atomic mass is 16.2. The molecule has 5 nitrogen and oxygen atoms in total. The van der Waals surface area contributed by atoms with Crippen LogP contribution < -0.4 is 10.6 Å². The van der Waals surface area contributed by atoms with Crippen molar-refractivity contribution in [2.24, 2.45) is 5.73 Å². The van der Waals surface area contributed by atoms with Crippen LogP contribution in [0.1, 0.15) is 29.3 Å². The van der Waals surface area contributed by atoms with Gasteiger partial charge in [-0.05, 0) is 54.4 Å². The number of Topliss-reactive ketones (excluding diaryl/α,β-unsaturated/α-hetero) is 1. The van der Waals surface area contributed by atoms with E-state index in [-0.39, 0.29) is 18.2 Å². The lowest BCUT2D eigenvalue weighted by Crippen LogP contribution is -2.39. The summed E-state index contributed by atoms with van der Waals surface area (Å²) < 4.78 is 0. The summed E-state index contributed by atoms with van der Waals surface area (Å²) in [5, 5.41) is 2.06. The molecule has 0 saturated heterocycles. The lowest BCUT2D eigenvalue weighted by molar-refractivity contribution is -0.130. The molecule has 3 rings (SSSR count). The van der Waals surface area contributed by atoms with Gasteiger partial charge in [0.1, 0.15) is 0 Å². The Kier molecular flexibility index (Phi) is 7.20. The second-order valence-corrected chi connectivity index (χ2v) is 7.60. The van der Waals surface area contributed by atoms with E-state index in [1.807, 2.05) is 83.6 Å². The summed E-state index contributed by atoms with van der Waals surface area (Å²) in [6.07, 6.45) is 0.775. The number of anilines is 1. The van der Waals surface area contributed by atoms with Gasteiger partial charge in [-0.2, -0.15) is 0 Å². The van der Waals surface area contributed by atoms with Crippen LogP contribution in [0.25, 0.3) is 10.8 Å². The number of amides is 1. The van der Waals surface area contributed by atoms with Gasteiger partial charge >= 0.3 is 0 Å². The SMILES string of the molecule is CC(=O)c1ccc2cc(N(C)CC(=O)N(CCCN)Cc3ccccc3)ccc2c1. The van der Waals surface area contributed by atoms with Crippen molar-refractivity contribution in [3.05, 3.63) is 77.9 Å². The number of ketones is 1. The number of hydrogen-bond donors (Lipinski definition) is 1. The summed E-state index contributed by atoms with van der Waals surface area (Å²) in [6.45, 7) is 3.64. The maximum Gasteiger partial charge on any atom is 0.242 e. The number of fused-ring (bicyclic) bond motifs is 1. The van der Waals surface area contributed by atoms with E-state index in [4.69, 9.17) is 5.73 Å². The zero-order valence-corrected chi connectivity index (χ0v) is 17.7. The van der Waals surface area contributed by atoms with Crippen LogP contribution in [-0.4, -0.2) is 43.3 Å². The van der Waals surface area contributed by atoms with Gasteiger partial charge in [-0.15, -0.1) is 0 Å². The molecule has 0 radical (unpaired) electrons.